The third-order valence-electron chi connectivity index (χ3n) is 7.83. The maximum absolute atomic E-state index is 12.9. The lowest BCUT2D eigenvalue weighted by molar-refractivity contribution is -0.145. The fourth-order valence-corrected chi connectivity index (χ4v) is 5.83. The Bertz CT molecular complexity index is 613. The van der Waals surface area contributed by atoms with Gasteiger partial charge in [-0.3, -0.25) is 9.59 Å². The van der Waals surface area contributed by atoms with E-state index in [9.17, 15) is 9.59 Å². The first-order chi connectivity index (χ1) is 11.7. The molecule has 1 heterocycles. The number of Topliss-reactive ketones (excluding diaryl/α,β-unsaturated/α-hetero) is 2. The summed E-state index contributed by atoms with van der Waals surface area (Å²) in [6.45, 7) is 12.1. The number of allylic oxidation sites excluding steroid dienone is 1. The first kappa shape index (κ1) is 18.8. The molecule has 0 amide bonds. The summed E-state index contributed by atoms with van der Waals surface area (Å²) in [5.74, 6) is 0.682. The molecule has 4 nitrogen and oxygen atoms in total. The number of rotatable bonds is 7. The Hall–Kier alpha value is -1.00. The Balaban J connectivity index is 2.00. The van der Waals surface area contributed by atoms with Crippen molar-refractivity contribution in [2.24, 2.45) is 16.7 Å². The van der Waals surface area contributed by atoms with Gasteiger partial charge < -0.3 is 9.47 Å². The SMILES string of the molecule is C=C[C@](C)(C[C@@H](OC)[C@]1(C)[C@H](C)CC[C@@]23CCC(=O)[C@@]21O3)C(=O)CC. The van der Waals surface area contributed by atoms with Crippen LogP contribution < -0.4 is 0 Å². The highest BCUT2D eigenvalue weighted by molar-refractivity contribution is 5.96. The molecule has 0 unspecified atom stereocenters. The molecule has 0 bridgehead atoms. The van der Waals surface area contributed by atoms with Gasteiger partial charge in [0.15, 0.2) is 11.4 Å². The molecule has 25 heavy (non-hydrogen) atoms. The Morgan fingerprint density at radius 1 is 1.52 bits per heavy atom. The van der Waals surface area contributed by atoms with E-state index < -0.39 is 16.4 Å². The Kier molecular flexibility index (Phi) is 4.32. The fraction of sp³-hybridized carbons (Fsp3) is 0.810. The van der Waals surface area contributed by atoms with Gasteiger partial charge in [-0.1, -0.05) is 26.8 Å². The van der Waals surface area contributed by atoms with Crippen molar-refractivity contribution < 1.29 is 19.1 Å². The second-order valence-corrected chi connectivity index (χ2v) is 8.75. The molecule has 0 spiro atoms. The van der Waals surface area contributed by atoms with Gasteiger partial charge in [0.25, 0.3) is 0 Å². The van der Waals surface area contributed by atoms with Crippen LogP contribution in [0.25, 0.3) is 0 Å². The highest BCUT2D eigenvalue weighted by Crippen LogP contribution is 2.74. The quantitative estimate of drug-likeness (QED) is 0.518. The van der Waals surface area contributed by atoms with Crippen LogP contribution in [0.5, 0.6) is 0 Å². The van der Waals surface area contributed by atoms with Crippen LogP contribution in [0, 0.1) is 16.7 Å². The van der Waals surface area contributed by atoms with Gasteiger partial charge in [0, 0.05) is 30.8 Å². The highest BCUT2D eigenvalue weighted by atomic mass is 16.6. The number of ketones is 2. The van der Waals surface area contributed by atoms with Gasteiger partial charge in [0.2, 0.25) is 0 Å². The van der Waals surface area contributed by atoms with E-state index in [1.54, 1.807) is 13.2 Å². The standard InChI is InChI=1S/C21H32O4/c1-7-15(22)18(4,8-2)13-17(24-6)19(5)14(3)9-11-20-12-10-16(23)21(19,20)25-20/h8,14,17H,2,7,9-13H2,1,3-6H3/t14-,17-,18-,19+,20-,21+/m1/s1. The monoisotopic (exact) mass is 348 g/mol. The Labute approximate surface area is 151 Å². The van der Waals surface area contributed by atoms with Crippen molar-refractivity contribution in [2.75, 3.05) is 7.11 Å². The summed E-state index contributed by atoms with van der Waals surface area (Å²) in [5, 5.41) is 0. The van der Waals surface area contributed by atoms with Crippen molar-refractivity contribution in [2.45, 2.75) is 83.5 Å². The van der Waals surface area contributed by atoms with Gasteiger partial charge in [0.1, 0.15) is 11.4 Å². The maximum atomic E-state index is 12.9. The van der Waals surface area contributed by atoms with Gasteiger partial charge >= 0.3 is 0 Å². The topological polar surface area (TPSA) is 55.9 Å². The predicted molar refractivity (Wildman–Crippen MR) is 96.3 cm³/mol. The highest BCUT2D eigenvalue weighted by Gasteiger charge is 2.86. The predicted octanol–water partition coefficient (Wildman–Crippen LogP) is 3.87. The summed E-state index contributed by atoms with van der Waals surface area (Å²) < 4.78 is 12.2. The minimum atomic E-state index is -0.713. The van der Waals surface area contributed by atoms with Crippen LogP contribution in [0.2, 0.25) is 0 Å². The molecule has 3 aliphatic rings. The summed E-state index contributed by atoms with van der Waals surface area (Å²) in [4.78, 5) is 25.4. The van der Waals surface area contributed by atoms with Crippen molar-refractivity contribution in [3.63, 3.8) is 0 Å². The molecule has 6 atom stereocenters. The molecule has 3 fully saturated rings. The third-order valence-corrected chi connectivity index (χ3v) is 7.83. The maximum Gasteiger partial charge on any atom is 0.168 e. The number of epoxide rings is 1. The fourth-order valence-electron chi connectivity index (χ4n) is 5.83. The van der Waals surface area contributed by atoms with E-state index in [2.05, 4.69) is 20.4 Å². The van der Waals surface area contributed by atoms with Crippen LogP contribution in [-0.2, 0) is 19.1 Å². The largest absolute Gasteiger partial charge is 0.381 e. The van der Waals surface area contributed by atoms with Crippen molar-refractivity contribution in [1.29, 1.82) is 0 Å². The molecular formula is C21H32O4. The van der Waals surface area contributed by atoms with Crippen molar-refractivity contribution >= 4 is 11.6 Å². The molecule has 1 aliphatic heterocycles. The van der Waals surface area contributed by atoms with Gasteiger partial charge in [0.05, 0.1) is 6.10 Å². The van der Waals surface area contributed by atoms with Gasteiger partial charge in [-0.05, 0) is 38.5 Å². The number of carbonyl (C=O) groups excluding carboxylic acids is 2. The van der Waals surface area contributed by atoms with Crippen LogP contribution in [-0.4, -0.2) is 36.0 Å². The van der Waals surface area contributed by atoms with Gasteiger partial charge in [-0.15, -0.1) is 6.58 Å². The van der Waals surface area contributed by atoms with Crippen LogP contribution in [0.1, 0.15) is 66.2 Å². The van der Waals surface area contributed by atoms with E-state index in [4.69, 9.17) is 9.47 Å². The number of carbonyl (C=O) groups is 2. The van der Waals surface area contributed by atoms with E-state index in [1.807, 2.05) is 13.8 Å². The van der Waals surface area contributed by atoms with Crippen molar-refractivity contribution in [3.05, 3.63) is 12.7 Å². The molecule has 1 saturated heterocycles. The van der Waals surface area contributed by atoms with Crippen molar-refractivity contribution in [1.82, 2.24) is 0 Å². The zero-order valence-corrected chi connectivity index (χ0v) is 16.3. The molecule has 0 N–H and O–H groups in total. The molecule has 140 valence electrons. The zero-order valence-electron chi connectivity index (χ0n) is 16.3. The normalized spacial score (nSPS) is 42.9. The number of ether oxygens (including phenoxy) is 2. The molecule has 3 rings (SSSR count). The van der Waals surface area contributed by atoms with E-state index >= 15 is 0 Å². The average Bonchev–Trinajstić information content (AvgIpc) is 3.24. The van der Waals surface area contributed by atoms with Crippen LogP contribution in [0.15, 0.2) is 12.7 Å². The third kappa shape index (κ3) is 2.13. The zero-order chi connectivity index (χ0) is 18.7. The lowest BCUT2D eigenvalue weighted by atomic mass is 9.54. The number of hydrogen-bond donors (Lipinski definition) is 0. The molecule has 4 heteroatoms. The molecule has 0 aromatic heterocycles. The van der Waals surface area contributed by atoms with Crippen LogP contribution in [0.3, 0.4) is 0 Å². The van der Waals surface area contributed by atoms with E-state index in [0.717, 1.165) is 19.3 Å². The summed E-state index contributed by atoms with van der Waals surface area (Å²) in [5.41, 5.74) is -2.06. The molecule has 0 aromatic carbocycles. The second kappa shape index (κ2) is 5.75. The van der Waals surface area contributed by atoms with E-state index in [1.165, 1.54) is 0 Å². The van der Waals surface area contributed by atoms with Gasteiger partial charge in [-0.25, -0.2) is 0 Å². The molecule has 2 saturated carbocycles. The minimum Gasteiger partial charge on any atom is -0.381 e. The molecule has 0 radical (unpaired) electrons. The lowest BCUT2D eigenvalue weighted by Gasteiger charge is -2.49. The first-order valence-electron chi connectivity index (χ1n) is 9.60. The van der Waals surface area contributed by atoms with Crippen molar-refractivity contribution in [3.8, 4) is 0 Å². The Morgan fingerprint density at radius 3 is 2.76 bits per heavy atom. The van der Waals surface area contributed by atoms with Gasteiger partial charge in [-0.2, -0.15) is 0 Å². The van der Waals surface area contributed by atoms with E-state index in [0.29, 0.717) is 25.2 Å². The Morgan fingerprint density at radius 2 is 2.20 bits per heavy atom. The molecule has 2 aliphatic carbocycles. The lowest BCUT2D eigenvalue weighted by Crippen LogP contribution is -2.59. The molecule has 0 aromatic rings. The van der Waals surface area contributed by atoms with E-state index in [-0.39, 0.29) is 23.3 Å². The second-order valence-electron chi connectivity index (χ2n) is 8.75. The first-order valence-corrected chi connectivity index (χ1v) is 9.60. The summed E-state index contributed by atoms with van der Waals surface area (Å²) in [7, 11) is 1.69. The number of methoxy groups -OCH3 is 1. The smallest absolute Gasteiger partial charge is 0.168 e. The summed E-state index contributed by atoms with van der Waals surface area (Å²) in [6.07, 6.45) is 5.94. The van der Waals surface area contributed by atoms with Crippen LogP contribution in [0.4, 0.5) is 0 Å². The minimum absolute atomic E-state index is 0.162. The molecular weight excluding hydrogens is 316 g/mol. The summed E-state index contributed by atoms with van der Waals surface area (Å²) >= 11 is 0. The number of hydrogen-bond acceptors (Lipinski definition) is 4. The van der Waals surface area contributed by atoms with Crippen LogP contribution >= 0.6 is 0 Å². The average molecular weight is 348 g/mol. The summed E-state index contributed by atoms with van der Waals surface area (Å²) in [6, 6.07) is 0.